The van der Waals surface area contributed by atoms with E-state index in [1.54, 1.807) is 16.7 Å². The summed E-state index contributed by atoms with van der Waals surface area (Å²) in [5, 5.41) is 0. The highest BCUT2D eigenvalue weighted by atomic mass is 32.2. The van der Waals surface area contributed by atoms with Crippen molar-refractivity contribution in [2.45, 2.75) is 29.7 Å². The minimum absolute atomic E-state index is 0.0863. The van der Waals surface area contributed by atoms with Crippen molar-refractivity contribution in [1.82, 2.24) is 4.90 Å². The van der Waals surface area contributed by atoms with Crippen LogP contribution in [-0.2, 0) is 11.2 Å². The number of thioether (sulfide) groups is 1. The molecule has 0 heterocycles. The van der Waals surface area contributed by atoms with Gasteiger partial charge >= 0.3 is 0 Å². The molecule has 2 N–H and O–H groups in total. The first-order valence-corrected chi connectivity index (χ1v) is 7.45. The predicted molar refractivity (Wildman–Crippen MR) is 75.7 cm³/mol. The van der Waals surface area contributed by atoms with Crippen molar-refractivity contribution in [3.05, 3.63) is 29.8 Å². The van der Waals surface area contributed by atoms with Crippen LogP contribution >= 0.6 is 11.8 Å². The van der Waals surface area contributed by atoms with Gasteiger partial charge in [-0.25, -0.2) is 0 Å². The Morgan fingerprint density at radius 3 is 2.50 bits per heavy atom. The lowest BCUT2D eigenvalue weighted by Gasteiger charge is -2.20. The molecule has 1 aliphatic carbocycles. The standard InChI is InChI=1S/C14H20N2OS/c1-16(13(17)14(15)8-9-14)10-7-11-3-5-12(18-2)6-4-11/h3-6H,7-10,15H2,1-2H3. The number of carbonyl (C=O) groups excluding carboxylic acids is 1. The molecule has 1 fully saturated rings. The molecular formula is C14H20N2OS. The molecule has 0 bridgehead atoms. The van der Waals surface area contributed by atoms with E-state index in [9.17, 15) is 4.79 Å². The first-order chi connectivity index (χ1) is 8.55. The molecule has 0 aromatic heterocycles. The fourth-order valence-corrected chi connectivity index (χ4v) is 2.33. The molecule has 0 aliphatic heterocycles. The Morgan fingerprint density at radius 2 is 2.00 bits per heavy atom. The van der Waals surface area contributed by atoms with Gasteiger partial charge in [0.15, 0.2) is 0 Å². The summed E-state index contributed by atoms with van der Waals surface area (Å²) in [6.45, 7) is 0.733. The molecule has 98 valence electrons. The molecule has 18 heavy (non-hydrogen) atoms. The highest BCUT2D eigenvalue weighted by Gasteiger charge is 2.47. The van der Waals surface area contributed by atoms with Crippen molar-refractivity contribution in [2.75, 3.05) is 19.8 Å². The van der Waals surface area contributed by atoms with Crippen LogP contribution in [-0.4, -0.2) is 36.2 Å². The molecule has 1 aliphatic rings. The molecule has 0 spiro atoms. The summed E-state index contributed by atoms with van der Waals surface area (Å²) in [6, 6.07) is 8.49. The number of benzene rings is 1. The van der Waals surface area contributed by atoms with E-state index in [0.29, 0.717) is 0 Å². The topological polar surface area (TPSA) is 46.3 Å². The van der Waals surface area contributed by atoms with E-state index in [2.05, 4.69) is 30.5 Å². The van der Waals surface area contributed by atoms with E-state index >= 15 is 0 Å². The third-order valence-corrected chi connectivity index (χ3v) is 4.20. The SMILES string of the molecule is CSc1ccc(CCN(C)C(=O)C2(N)CC2)cc1. The largest absolute Gasteiger partial charge is 0.344 e. The first kappa shape index (κ1) is 13.4. The fourth-order valence-electron chi connectivity index (χ4n) is 1.92. The van der Waals surface area contributed by atoms with E-state index in [0.717, 1.165) is 25.8 Å². The number of hydrogen-bond donors (Lipinski definition) is 1. The van der Waals surface area contributed by atoms with E-state index in [-0.39, 0.29) is 5.91 Å². The zero-order valence-corrected chi connectivity index (χ0v) is 11.8. The summed E-state index contributed by atoms with van der Waals surface area (Å²) in [5.74, 6) is 0.0863. The number of nitrogens with two attached hydrogens (primary N) is 1. The van der Waals surface area contributed by atoms with Gasteiger partial charge in [-0.3, -0.25) is 4.79 Å². The van der Waals surface area contributed by atoms with Gasteiger partial charge in [-0.2, -0.15) is 0 Å². The van der Waals surface area contributed by atoms with Crippen molar-refractivity contribution >= 4 is 17.7 Å². The van der Waals surface area contributed by atoms with Gasteiger partial charge in [0.25, 0.3) is 0 Å². The van der Waals surface area contributed by atoms with Crippen molar-refractivity contribution in [3.8, 4) is 0 Å². The van der Waals surface area contributed by atoms with Gasteiger partial charge in [0.05, 0.1) is 5.54 Å². The van der Waals surface area contributed by atoms with Crippen LogP contribution < -0.4 is 5.73 Å². The smallest absolute Gasteiger partial charge is 0.242 e. The highest BCUT2D eigenvalue weighted by Crippen LogP contribution is 2.33. The molecule has 1 saturated carbocycles. The summed E-state index contributed by atoms with van der Waals surface area (Å²) in [7, 11) is 1.84. The van der Waals surface area contributed by atoms with Crippen molar-refractivity contribution in [2.24, 2.45) is 5.73 Å². The van der Waals surface area contributed by atoms with Crippen molar-refractivity contribution in [1.29, 1.82) is 0 Å². The number of nitrogens with zero attached hydrogens (tertiary/aromatic N) is 1. The van der Waals surface area contributed by atoms with Crippen molar-refractivity contribution < 1.29 is 4.79 Å². The Hall–Kier alpha value is -1.00. The molecule has 1 amide bonds. The van der Waals surface area contributed by atoms with Gasteiger partial charge in [-0.1, -0.05) is 12.1 Å². The number of likely N-dealkylation sites (N-methyl/N-ethyl adjacent to an activating group) is 1. The molecule has 0 radical (unpaired) electrons. The quantitative estimate of drug-likeness (QED) is 0.826. The summed E-state index contributed by atoms with van der Waals surface area (Å²) < 4.78 is 0. The predicted octanol–water partition coefficient (Wildman–Crippen LogP) is 1.90. The number of carbonyl (C=O) groups is 1. The van der Waals surface area contributed by atoms with Crippen LogP contribution in [0.25, 0.3) is 0 Å². The van der Waals surface area contributed by atoms with E-state index in [4.69, 9.17) is 5.73 Å². The maximum Gasteiger partial charge on any atom is 0.242 e. The lowest BCUT2D eigenvalue weighted by Crippen LogP contribution is -2.44. The van der Waals surface area contributed by atoms with Gasteiger partial charge in [0, 0.05) is 18.5 Å². The van der Waals surface area contributed by atoms with Crippen LogP contribution in [0, 0.1) is 0 Å². The van der Waals surface area contributed by atoms with Gasteiger partial charge in [-0.15, -0.1) is 11.8 Å². The summed E-state index contributed by atoms with van der Waals surface area (Å²) in [5.41, 5.74) is 6.62. The van der Waals surface area contributed by atoms with Gasteiger partial charge in [-0.05, 0) is 43.2 Å². The molecule has 0 unspecified atom stereocenters. The summed E-state index contributed by atoms with van der Waals surface area (Å²) >= 11 is 1.74. The zero-order valence-electron chi connectivity index (χ0n) is 11.0. The fraction of sp³-hybridized carbons (Fsp3) is 0.500. The molecule has 1 aromatic rings. The Morgan fingerprint density at radius 1 is 1.39 bits per heavy atom. The molecular weight excluding hydrogens is 244 g/mol. The molecule has 2 rings (SSSR count). The van der Waals surface area contributed by atoms with Gasteiger partial charge < -0.3 is 10.6 Å². The Bertz CT molecular complexity index is 426. The average molecular weight is 264 g/mol. The zero-order chi connectivity index (χ0) is 13.2. The van der Waals surface area contributed by atoms with Crippen LogP contribution in [0.5, 0.6) is 0 Å². The number of amides is 1. The summed E-state index contributed by atoms with van der Waals surface area (Å²) in [4.78, 5) is 15.0. The lowest BCUT2D eigenvalue weighted by molar-refractivity contribution is -0.132. The lowest BCUT2D eigenvalue weighted by atomic mass is 10.1. The molecule has 4 heteroatoms. The number of rotatable bonds is 5. The average Bonchev–Trinajstić information content (AvgIpc) is 3.15. The molecule has 1 aromatic carbocycles. The first-order valence-electron chi connectivity index (χ1n) is 6.22. The maximum absolute atomic E-state index is 11.9. The van der Waals surface area contributed by atoms with Gasteiger partial charge in [0.1, 0.15) is 0 Å². The minimum atomic E-state index is -0.544. The Balaban J connectivity index is 1.85. The van der Waals surface area contributed by atoms with Crippen molar-refractivity contribution in [3.63, 3.8) is 0 Å². The monoisotopic (exact) mass is 264 g/mol. The molecule has 3 nitrogen and oxygen atoms in total. The van der Waals surface area contributed by atoms with Crippen LogP contribution in [0.2, 0.25) is 0 Å². The summed E-state index contributed by atoms with van der Waals surface area (Å²) in [6.07, 6.45) is 4.61. The van der Waals surface area contributed by atoms with E-state index < -0.39 is 5.54 Å². The highest BCUT2D eigenvalue weighted by molar-refractivity contribution is 7.98. The van der Waals surface area contributed by atoms with Crippen LogP contribution in [0.15, 0.2) is 29.2 Å². The second-order valence-corrected chi connectivity index (χ2v) is 5.86. The second kappa shape index (κ2) is 5.33. The number of hydrogen-bond acceptors (Lipinski definition) is 3. The third kappa shape index (κ3) is 3.06. The van der Waals surface area contributed by atoms with Gasteiger partial charge in [0.2, 0.25) is 5.91 Å². The Kier molecular flexibility index (Phi) is 3.97. The van der Waals surface area contributed by atoms with Crippen LogP contribution in [0.1, 0.15) is 18.4 Å². The Labute approximate surface area is 113 Å². The molecule has 0 atom stereocenters. The minimum Gasteiger partial charge on any atom is -0.344 e. The van der Waals surface area contributed by atoms with E-state index in [1.165, 1.54) is 10.5 Å². The maximum atomic E-state index is 11.9. The van der Waals surface area contributed by atoms with Crippen LogP contribution in [0.4, 0.5) is 0 Å². The normalized spacial score (nSPS) is 16.4. The van der Waals surface area contributed by atoms with Crippen LogP contribution in [0.3, 0.4) is 0 Å². The third-order valence-electron chi connectivity index (χ3n) is 3.46. The second-order valence-electron chi connectivity index (χ2n) is 4.98. The molecule has 0 saturated heterocycles. The van der Waals surface area contributed by atoms with E-state index in [1.807, 2.05) is 7.05 Å².